The third kappa shape index (κ3) is 4.35. The molecule has 0 unspecified atom stereocenters. The standard InChI is InChI=1S/C18H19N3O5/c1-12(13-6-5-7-14(10-13)21(24)25)20(2)17(22)11-26-16-9-4-3-8-15(16)18(19)23/h3-10,12H,11H2,1-2H3,(H2,19,23)/t12-/m1/s1. The maximum absolute atomic E-state index is 12.4. The molecule has 0 heterocycles. The van der Waals surface area contributed by atoms with Crippen molar-refractivity contribution in [3.63, 3.8) is 0 Å². The van der Waals surface area contributed by atoms with Gasteiger partial charge < -0.3 is 15.4 Å². The van der Waals surface area contributed by atoms with Crippen LogP contribution in [-0.2, 0) is 4.79 Å². The molecule has 0 fully saturated rings. The number of hydrogen-bond acceptors (Lipinski definition) is 5. The van der Waals surface area contributed by atoms with Gasteiger partial charge in [0.15, 0.2) is 6.61 Å². The van der Waals surface area contributed by atoms with Crippen LogP contribution in [0.2, 0.25) is 0 Å². The predicted octanol–water partition coefficient (Wildman–Crippen LogP) is 2.29. The first-order chi connectivity index (χ1) is 12.3. The minimum absolute atomic E-state index is 0.0400. The summed E-state index contributed by atoms with van der Waals surface area (Å²) >= 11 is 0. The van der Waals surface area contributed by atoms with Crippen LogP contribution in [0.4, 0.5) is 5.69 Å². The Morgan fingerprint density at radius 3 is 2.58 bits per heavy atom. The van der Waals surface area contributed by atoms with Crippen molar-refractivity contribution in [3.05, 3.63) is 69.8 Å². The van der Waals surface area contributed by atoms with E-state index in [4.69, 9.17) is 10.5 Å². The largest absolute Gasteiger partial charge is 0.483 e. The van der Waals surface area contributed by atoms with Gasteiger partial charge in [0.1, 0.15) is 5.75 Å². The van der Waals surface area contributed by atoms with Crippen molar-refractivity contribution in [1.29, 1.82) is 0 Å². The van der Waals surface area contributed by atoms with Gasteiger partial charge >= 0.3 is 0 Å². The number of hydrogen-bond donors (Lipinski definition) is 1. The van der Waals surface area contributed by atoms with Crippen molar-refractivity contribution in [2.75, 3.05) is 13.7 Å². The minimum atomic E-state index is -0.647. The summed E-state index contributed by atoms with van der Waals surface area (Å²) in [4.78, 5) is 35.6. The fourth-order valence-corrected chi connectivity index (χ4v) is 2.38. The van der Waals surface area contributed by atoms with Gasteiger partial charge in [-0.25, -0.2) is 0 Å². The lowest BCUT2D eigenvalue weighted by Gasteiger charge is -2.25. The van der Waals surface area contributed by atoms with Crippen LogP contribution in [0.5, 0.6) is 5.75 Å². The Morgan fingerprint density at radius 1 is 1.23 bits per heavy atom. The number of amides is 2. The first kappa shape index (κ1) is 18.9. The molecule has 0 spiro atoms. The highest BCUT2D eigenvalue weighted by Gasteiger charge is 2.20. The van der Waals surface area contributed by atoms with Crippen molar-refractivity contribution in [1.82, 2.24) is 4.90 Å². The summed E-state index contributed by atoms with van der Waals surface area (Å²) in [6.45, 7) is 1.47. The number of carbonyl (C=O) groups is 2. The number of para-hydroxylation sites is 1. The average molecular weight is 357 g/mol. The quantitative estimate of drug-likeness (QED) is 0.603. The molecule has 2 aromatic rings. The molecule has 2 aromatic carbocycles. The lowest BCUT2D eigenvalue weighted by atomic mass is 10.1. The van der Waals surface area contributed by atoms with E-state index in [-0.39, 0.29) is 29.5 Å². The van der Waals surface area contributed by atoms with Crippen LogP contribution in [0, 0.1) is 10.1 Å². The molecule has 8 heteroatoms. The van der Waals surface area contributed by atoms with Crippen LogP contribution >= 0.6 is 0 Å². The van der Waals surface area contributed by atoms with E-state index >= 15 is 0 Å². The normalized spacial score (nSPS) is 11.5. The molecule has 8 nitrogen and oxygen atoms in total. The molecule has 26 heavy (non-hydrogen) atoms. The maximum Gasteiger partial charge on any atom is 0.269 e. The van der Waals surface area contributed by atoms with Gasteiger partial charge in [0.2, 0.25) is 0 Å². The Morgan fingerprint density at radius 2 is 1.92 bits per heavy atom. The summed E-state index contributed by atoms with van der Waals surface area (Å²) in [7, 11) is 1.58. The van der Waals surface area contributed by atoms with Crippen LogP contribution in [0.1, 0.15) is 28.9 Å². The van der Waals surface area contributed by atoms with Gasteiger partial charge in [0.25, 0.3) is 17.5 Å². The number of nitrogens with two attached hydrogens (primary N) is 1. The topological polar surface area (TPSA) is 116 Å². The molecule has 0 aliphatic carbocycles. The Bertz CT molecular complexity index is 837. The van der Waals surface area contributed by atoms with E-state index in [0.717, 1.165) is 0 Å². The molecule has 0 saturated carbocycles. The van der Waals surface area contributed by atoms with Crippen LogP contribution in [-0.4, -0.2) is 35.3 Å². The first-order valence-corrected chi connectivity index (χ1v) is 7.83. The van der Waals surface area contributed by atoms with Gasteiger partial charge in [-0.1, -0.05) is 24.3 Å². The summed E-state index contributed by atoms with van der Waals surface area (Å²) in [5.41, 5.74) is 6.06. The molecule has 2 N–H and O–H groups in total. The lowest BCUT2D eigenvalue weighted by molar-refractivity contribution is -0.384. The van der Waals surface area contributed by atoms with E-state index < -0.39 is 16.9 Å². The fourth-order valence-electron chi connectivity index (χ4n) is 2.38. The van der Waals surface area contributed by atoms with Crippen molar-refractivity contribution < 1.29 is 19.2 Å². The number of ether oxygens (including phenoxy) is 1. The molecule has 0 bridgehead atoms. The second-order valence-electron chi connectivity index (χ2n) is 5.68. The molecule has 2 amide bonds. The Balaban J connectivity index is 2.07. The van der Waals surface area contributed by atoms with E-state index in [1.165, 1.54) is 23.1 Å². The van der Waals surface area contributed by atoms with Gasteiger partial charge in [-0.2, -0.15) is 0 Å². The van der Waals surface area contributed by atoms with Gasteiger partial charge in [0.05, 0.1) is 16.5 Å². The fraction of sp³-hybridized carbons (Fsp3) is 0.222. The number of nitro groups is 1. The van der Waals surface area contributed by atoms with E-state index in [1.54, 1.807) is 44.3 Å². The smallest absolute Gasteiger partial charge is 0.269 e. The highest BCUT2D eigenvalue weighted by Crippen LogP contribution is 2.23. The maximum atomic E-state index is 12.4. The molecule has 0 aliphatic heterocycles. The molecule has 0 aliphatic rings. The van der Waals surface area contributed by atoms with Crippen LogP contribution in [0.15, 0.2) is 48.5 Å². The van der Waals surface area contributed by atoms with Crippen LogP contribution < -0.4 is 10.5 Å². The number of non-ortho nitro benzene ring substituents is 1. The SMILES string of the molecule is C[C@H](c1cccc([N+](=O)[O-])c1)N(C)C(=O)COc1ccccc1C(N)=O. The second-order valence-corrected chi connectivity index (χ2v) is 5.68. The van der Waals surface area contributed by atoms with E-state index in [0.29, 0.717) is 5.56 Å². The molecule has 2 rings (SSSR count). The first-order valence-electron chi connectivity index (χ1n) is 7.83. The van der Waals surface area contributed by atoms with Crippen molar-refractivity contribution in [3.8, 4) is 5.75 Å². The van der Waals surface area contributed by atoms with Gasteiger partial charge in [-0.05, 0) is 24.6 Å². The van der Waals surface area contributed by atoms with Crippen LogP contribution in [0.3, 0.4) is 0 Å². The molecular weight excluding hydrogens is 338 g/mol. The number of primary amides is 1. The van der Waals surface area contributed by atoms with Gasteiger partial charge in [0, 0.05) is 19.2 Å². The third-order valence-corrected chi connectivity index (χ3v) is 4.04. The predicted molar refractivity (Wildman–Crippen MR) is 94.7 cm³/mol. The number of benzene rings is 2. The number of carbonyl (C=O) groups excluding carboxylic acids is 2. The minimum Gasteiger partial charge on any atom is -0.483 e. The number of nitrogens with zero attached hydrogens (tertiary/aromatic N) is 2. The Kier molecular flexibility index (Phi) is 5.90. The highest BCUT2D eigenvalue weighted by molar-refractivity contribution is 5.95. The summed E-state index contributed by atoms with van der Waals surface area (Å²) in [6, 6.07) is 12.1. The highest BCUT2D eigenvalue weighted by atomic mass is 16.6. The monoisotopic (exact) mass is 357 g/mol. The molecule has 136 valence electrons. The van der Waals surface area contributed by atoms with Crippen molar-refractivity contribution >= 4 is 17.5 Å². The summed E-state index contributed by atoms with van der Waals surface area (Å²) in [5, 5.41) is 10.9. The van der Waals surface area contributed by atoms with Crippen molar-refractivity contribution in [2.24, 2.45) is 5.73 Å². The van der Waals surface area contributed by atoms with Gasteiger partial charge in [-0.3, -0.25) is 19.7 Å². The summed E-state index contributed by atoms with van der Waals surface area (Å²) in [6.07, 6.45) is 0. The zero-order chi connectivity index (χ0) is 19.3. The molecular formula is C18H19N3O5. The van der Waals surface area contributed by atoms with E-state index in [1.807, 2.05) is 0 Å². The van der Waals surface area contributed by atoms with E-state index in [2.05, 4.69) is 0 Å². The number of rotatable bonds is 7. The third-order valence-electron chi connectivity index (χ3n) is 4.04. The van der Waals surface area contributed by atoms with Crippen LogP contribution in [0.25, 0.3) is 0 Å². The average Bonchev–Trinajstić information content (AvgIpc) is 2.65. The Hall–Kier alpha value is -3.42. The zero-order valence-electron chi connectivity index (χ0n) is 14.4. The number of nitro benzene ring substituents is 1. The summed E-state index contributed by atoms with van der Waals surface area (Å²) < 4.78 is 5.43. The number of likely N-dealkylation sites (N-methyl/N-ethyl adjacent to an activating group) is 1. The molecule has 0 radical (unpaired) electrons. The second kappa shape index (κ2) is 8.11. The molecule has 1 atom stereocenters. The molecule has 0 aromatic heterocycles. The zero-order valence-corrected chi connectivity index (χ0v) is 14.4. The molecule has 0 saturated heterocycles. The van der Waals surface area contributed by atoms with Gasteiger partial charge in [-0.15, -0.1) is 0 Å². The Labute approximate surface area is 150 Å². The summed E-state index contributed by atoms with van der Waals surface area (Å²) in [5.74, 6) is -0.764. The van der Waals surface area contributed by atoms with Crippen molar-refractivity contribution in [2.45, 2.75) is 13.0 Å². The lowest BCUT2D eigenvalue weighted by Crippen LogP contribution is -2.33. The van der Waals surface area contributed by atoms with E-state index in [9.17, 15) is 19.7 Å².